The molecule has 10 aromatic rings. The summed E-state index contributed by atoms with van der Waals surface area (Å²) in [4.78, 5) is 18.9. The summed E-state index contributed by atoms with van der Waals surface area (Å²) in [6, 6.07) is 19.8. The third kappa shape index (κ3) is 13.3. The number of methoxy groups -OCH3 is 2. The van der Waals surface area contributed by atoms with Gasteiger partial charge in [0.05, 0.1) is 77.5 Å². The summed E-state index contributed by atoms with van der Waals surface area (Å²) in [6.07, 6.45) is 21.8. The number of aromatic nitrogens is 16. The molecule has 84 heavy (non-hydrogen) atoms. The van der Waals surface area contributed by atoms with E-state index in [1.165, 1.54) is 17.2 Å². The number of ether oxygens (including phenoxy) is 4. The van der Waals surface area contributed by atoms with Crippen molar-refractivity contribution in [1.82, 2.24) is 79.1 Å². The standard InChI is InChI=1S/C27H31N9O4S.C26H28IN9O2.CH3O2S.Na/c1-39-12-13-40-27(26-29-17-30-34-26)10-8-18(9-11-27)22-23(41(2,37)38)24(28)36-25(33-22)21(15-32-36)19-14-31-35(16-19)20-6-4-3-5-7-20;1-37-11-12-38-26(25-29-16-30-34-25)9-7-17(8-10-26)22-21(27)23(28)36-24(33-22)20(14-32-36)18-13-31-35(15-18)19-5-3-2-4-6-19;1-4(2)3;/h3-7,14-18H,8-13,28H2,1-2H3,(H,29,30,34);2-6,13-17H,7-12,28H2,1H3,(H,29,30,34);1H3;/q;;-1;+1. The van der Waals surface area contributed by atoms with Gasteiger partial charge in [0.1, 0.15) is 40.4 Å². The molecule has 6 N–H and O–H groups in total. The second-order valence-electron chi connectivity index (χ2n) is 20.1. The van der Waals surface area contributed by atoms with Gasteiger partial charge < -0.3 is 38.8 Å². The molecule has 436 valence electrons. The van der Waals surface area contributed by atoms with Gasteiger partial charge in [0.15, 0.2) is 32.8 Å². The first-order chi connectivity index (χ1) is 40.1. The van der Waals surface area contributed by atoms with Crippen LogP contribution in [0.25, 0.3) is 44.9 Å². The van der Waals surface area contributed by atoms with E-state index in [1.807, 2.05) is 90.1 Å². The van der Waals surface area contributed by atoms with E-state index in [0.717, 1.165) is 87.0 Å². The quantitative estimate of drug-likeness (QED) is 0.0434. The van der Waals surface area contributed by atoms with Gasteiger partial charge in [-0.1, -0.05) is 53.4 Å². The molecule has 0 amide bonds. The fourth-order valence-corrected chi connectivity index (χ4v) is 12.7. The molecule has 8 aromatic heterocycles. The Labute approximate surface area is 521 Å². The molecule has 2 fully saturated rings. The zero-order valence-corrected chi connectivity index (χ0v) is 52.7. The van der Waals surface area contributed by atoms with Crippen LogP contribution in [0.5, 0.6) is 0 Å². The van der Waals surface area contributed by atoms with E-state index in [2.05, 4.69) is 73.3 Å². The molecular weight excluding hydrogens is 1240 g/mol. The van der Waals surface area contributed by atoms with Crippen molar-refractivity contribution in [3.8, 4) is 33.6 Å². The van der Waals surface area contributed by atoms with Crippen molar-refractivity contribution in [2.75, 3.05) is 64.6 Å². The molecule has 0 unspecified atom stereocenters. The number of nitrogens with two attached hydrogens (primary N) is 2. The van der Waals surface area contributed by atoms with Gasteiger partial charge >= 0.3 is 29.6 Å². The number of anilines is 2. The molecule has 0 radical (unpaired) electrons. The van der Waals surface area contributed by atoms with E-state index >= 15 is 0 Å². The van der Waals surface area contributed by atoms with E-state index in [1.54, 1.807) is 35.8 Å². The van der Waals surface area contributed by atoms with Crippen LogP contribution in [0, 0.1) is 3.57 Å². The maximum absolute atomic E-state index is 13.1. The Morgan fingerprint density at radius 3 is 1.46 bits per heavy atom. The largest absolute Gasteiger partial charge is 1.00 e. The molecule has 12 rings (SSSR count). The smallest absolute Gasteiger partial charge is 0.424 e. The van der Waals surface area contributed by atoms with E-state index in [0.29, 0.717) is 80.7 Å². The number of nitrogens with one attached hydrogen (secondary N) is 2. The summed E-state index contributed by atoms with van der Waals surface area (Å²) in [6.45, 7) is 1.85. The number of hydrogen-bond donors (Lipinski definition) is 4. The van der Waals surface area contributed by atoms with E-state index in [-0.39, 0.29) is 52.1 Å². The Bertz CT molecular complexity index is 3970. The zero-order valence-electron chi connectivity index (χ0n) is 46.9. The first-order valence-electron chi connectivity index (χ1n) is 26.5. The first-order valence-corrected chi connectivity index (χ1v) is 31.0. The number of para-hydroxylation sites is 2. The third-order valence-corrected chi connectivity index (χ3v) is 17.2. The van der Waals surface area contributed by atoms with Gasteiger partial charge in [-0.3, -0.25) is 10.2 Å². The fourth-order valence-electron chi connectivity index (χ4n) is 10.8. The Kier molecular flexibility index (Phi) is 20.1. The third-order valence-electron chi connectivity index (χ3n) is 14.9. The molecule has 0 saturated heterocycles. The predicted molar refractivity (Wildman–Crippen MR) is 315 cm³/mol. The molecule has 2 aliphatic rings. The van der Waals surface area contributed by atoms with E-state index in [4.69, 9.17) is 48.8 Å². The molecule has 0 spiro atoms. The second kappa shape index (κ2) is 27.2. The van der Waals surface area contributed by atoms with Crippen molar-refractivity contribution in [3.05, 3.63) is 137 Å². The van der Waals surface area contributed by atoms with Crippen LogP contribution in [0.2, 0.25) is 0 Å². The number of aromatic amines is 2. The van der Waals surface area contributed by atoms with E-state index < -0.39 is 31.7 Å². The summed E-state index contributed by atoms with van der Waals surface area (Å²) >= 11 is 2.30. The minimum Gasteiger partial charge on any atom is -0.424 e. The van der Waals surface area contributed by atoms with Crippen LogP contribution < -0.4 is 41.0 Å². The Morgan fingerprint density at radius 2 is 1.06 bits per heavy atom. The summed E-state index contributed by atoms with van der Waals surface area (Å²) in [5.74, 6) is 2.09. The zero-order chi connectivity index (χ0) is 58.3. The van der Waals surface area contributed by atoms with Crippen LogP contribution in [0.15, 0.2) is 115 Å². The van der Waals surface area contributed by atoms with Crippen molar-refractivity contribution in [3.63, 3.8) is 0 Å². The van der Waals surface area contributed by atoms with Crippen molar-refractivity contribution in [2.24, 2.45) is 0 Å². The van der Waals surface area contributed by atoms with Crippen LogP contribution in [-0.2, 0) is 59.1 Å². The fraction of sp³-hybridized carbons (Fsp3) is 0.370. The van der Waals surface area contributed by atoms with Gasteiger partial charge in [0.2, 0.25) is 0 Å². The number of fused-ring (bicyclic) bond motifs is 2. The molecule has 2 saturated carbocycles. The van der Waals surface area contributed by atoms with Crippen LogP contribution in [0.4, 0.5) is 11.6 Å². The van der Waals surface area contributed by atoms with Crippen molar-refractivity contribution < 1.29 is 65.3 Å². The van der Waals surface area contributed by atoms with Crippen LogP contribution in [0.1, 0.15) is 86.2 Å². The van der Waals surface area contributed by atoms with Crippen molar-refractivity contribution in [2.45, 2.75) is 79.3 Å². The Balaban J connectivity index is 0.000000188. The van der Waals surface area contributed by atoms with Crippen molar-refractivity contribution >= 4 is 66.1 Å². The molecule has 26 nitrogen and oxygen atoms in total. The number of H-pyrrole nitrogens is 2. The SMILES string of the molecule is COCCOC1(c2ncn[nH]2)CCC(c2nc3c(-c4cnn(-c5ccccc5)c4)cnn3c(N)c2I)CC1.COCCOC1(c2ncn[nH]2)CCC(c2nc3c(-c4cnn(-c5ccccc5)c4)cnn3c(N)c2S(C)(=O)=O)CC1.C[S-](=O)=O.[Na+]. The molecule has 0 aliphatic heterocycles. The Morgan fingerprint density at radius 1 is 0.643 bits per heavy atom. The normalized spacial score (nSPS) is 18.9. The molecule has 2 aromatic carbocycles. The summed E-state index contributed by atoms with van der Waals surface area (Å²) in [5, 5.41) is 32.1. The van der Waals surface area contributed by atoms with Gasteiger partial charge in [0.25, 0.3) is 0 Å². The number of nitrogen functional groups attached to an aromatic ring is 2. The average Bonchev–Trinajstić information content (AvgIpc) is 2.50. The number of hydrogen-bond acceptors (Lipinski definition) is 21. The average molecular weight is 1310 g/mol. The van der Waals surface area contributed by atoms with Crippen LogP contribution in [0.3, 0.4) is 0 Å². The number of nitrogens with zero attached hydrogens (tertiary/aromatic N) is 14. The van der Waals surface area contributed by atoms with E-state index in [9.17, 15) is 8.42 Å². The van der Waals surface area contributed by atoms with Crippen LogP contribution >= 0.6 is 22.6 Å². The van der Waals surface area contributed by atoms with Gasteiger partial charge in [-0.2, -0.15) is 39.6 Å². The number of rotatable bonds is 17. The minimum absolute atomic E-state index is 0. The number of benzene rings is 2. The second-order valence-corrected chi connectivity index (χ2v) is 23.9. The summed E-state index contributed by atoms with van der Waals surface area (Å²) in [5.41, 5.74) is 19.8. The Hall–Kier alpha value is -6.55. The maximum Gasteiger partial charge on any atom is 1.00 e. The van der Waals surface area contributed by atoms with Crippen LogP contribution in [-0.4, -0.2) is 141 Å². The van der Waals surface area contributed by atoms with Crippen molar-refractivity contribution in [1.29, 1.82) is 0 Å². The number of halogens is 1. The van der Waals surface area contributed by atoms with Gasteiger partial charge in [-0.15, -0.1) is 0 Å². The molecule has 8 heterocycles. The molecule has 0 atom stereocenters. The summed E-state index contributed by atoms with van der Waals surface area (Å²) in [7, 11) is -2.29. The maximum atomic E-state index is 13.1. The molecule has 0 bridgehead atoms. The predicted octanol–water partition coefficient (Wildman–Crippen LogP) is 3.93. The first kappa shape index (κ1) is 62.0. The number of sulfone groups is 1. The minimum atomic E-state index is -3.72. The molecule has 30 heteroatoms. The summed E-state index contributed by atoms with van der Waals surface area (Å²) < 4.78 is 74.8. The monoisotopic (exact) mass is 1300 g/mol. The topological polar surface area (TPSA) is 336 Å². The molecule has 2 aliphatic carbocycles. The molecular formula is C54H62IN18NaO8S2. The van der Waals surface area contributed by atoms with Gasteiger partial charge in [-0.25, -0.2) is 37.7 Å². The van der Waals surface area contributed by atoms with Gasteiger partial charge in [-0.05, 0) is 98.2 Å². The van der Waals surface area contributed by atoms with Gasteiger partial charge in [0, 0.05) is 67.0 Å².